The lowest BCUT2D eigenvalue weighted by Crippen LogP contribution is -2.66. The molecule has 0 amide bonds. The van der Waals surface area contributed by atoms with E-state index in [1.807, 2.05) is 23.5 Å². The van der Waals surface area contributed by atoms with Crippen molar-refractivity contribution >= 4 is 28.0 Å². The minimum absolute atomic E-state index is 0.0789. The highest BCUT2D eigenvalue weighted by Crippen LogP contribution is 2.76. The molecule has 1 aromatic carbocycles. The number of ether oxygens (including phenoxy) is 1. The zero-order valence-electron chi connectivity index (χ0n) is 30.0. The first-order valence-corrected chi connectivity index (χ1v) is 19.1. The average Bonchev–Trinajstić information content (AvgIpc) is 3.65. The van der Waals surface area contributed by atoms with Gasteiger partial charge >= 0.3 is 5.97 Å². The van der Waals surface area contributed by atoms with Gasteiger partial charge in [-0.25, -0.2) is 9.78 Å². The number of thiazole rings is 1. The summed E-state index contributed by atoms with van der Waals surface area (Å²) in [5, 5.41) is 7.59. The normalized spacial score (nSPS) is 39.7. The molecule has 250 valence electrons. The van der Waals surface area contributed by atoms with E-state index in [1.54, 1.807) is 0 Å². The number of benzene rings is 1. The monoisotopic (exact) mass is 642 g/mol. The number of hydrogen-bond acceptors (Lipinski definition) is 5. The van der Waals surface area contributed by atoms with E-state index in [2.05, 4.69) is 84.3 Å². The summed E-state index contributed by atoms with van der Waals surface area (Å²) in [6, 6.07) is 8.15. The lowest BCUT2D eigenvalue weighted by atomic mass is 9.33. The number of rotatable bonds is 4. The number of allylic oxidation sites excluding steroid dienone is 2. The molecule has 0 bridgehead atoms. The van der Waals surface area contributed by atoms with E-state index in [4.69, 9.17) is 9.72 Å². The third-order valence-electron chi connectivity index (χ3n) is 15.2. The van der Waals surface area contributed by atoms with Crippen LogP contribution in [0.4, 0.5) is 5.13 Å². The summed E-state index contributed by atoms with van der Waals surface area (Å²) < 4.78 is 4.96. The number of esters is 1. The summed E-state index contributed by atoms with van der Waals surface area (Å²) in [7, 11) is 1.45. The molecule has 5 aliphatic rings. The Morgan fingerprint density at radius 1 is 0.891 bits per heavy atom. The fourth-order valence-electron chi connectivity index (χ4n) is 12.7. The number of anilines is 1. The van der Waals surface area contributed by atoms with Crippen molar-refractivity contribution in [2.45, 2.75) is 131 Å². The topological polar surface area (TPSA) is 51.2 Å². The molecule has 4 fully saturated rings. The highest BCUT2D eigenvalue weighted by Gasteiger charge is 2.69. The molecule has 0 saturated heterocycles. The lowest BCUT2D eigenvalue weighted by molar-refractivity contribution is -0.213. The zero-order valence-corrected chi connectivity index (χ0v) is 30.8. The van der Waals surface area contributed by atoms with Gasteiger partial charge in [-0.15, -0.1) is 11.3 Å². The second-order valence-electron chi connectivity index (χ2n) is 18.3. The molecule has 0 aliphatic heterocycles. The van der Waals surface area contributed by atoms with Crippen molar-refractivity contribution in [2.75, 3.05) is 12.4 Å². The maximum absolute atomic E-state index is 12.1. The van der Waals surface area contributed by atoms with Gasteiger partial charge in [0.15, 0.2) is 5.13 Å². The molecule has 5 aliphatic carbocycles. The molecule has 3 unspecified atom stereocenters. The van der Waals surface area contributed by atoms with Crippen LogP contribution in [-0.4, -0.2) is 23.6 Å². The minimum Gasteiger partial charge on any atom is -0.465 e. The van der Waals surface area contributed by atoms with E-state index in [-0.39, 0.29) is 22.3 Å². The molecule has 8 atom stereocenters. The predicted octanol–water partition coefficient (Wildman–Crippen LogP) is 10.9. The number of hydrogen-bond donors (Lipinski definition) is 1. The Morgan fingerprint density at radius 2 is 1.63 bits per heavy atom. The molecule has 4 saturated carbocycles. The van der Waals surface area contributed by atoms with Crippen molar-refractivity contribution in [1.82, 2.24) is 4.98 Å². The Bertz CT molecular complexity index is 1530. The van der Waals surface area contributed by atoms with E-state index in [0.717, 1.165) is 29.3 Å². The number of nitrogens with zero attached hydrogens (tertiary/aromatic N) is 1. The SMILES string of the molecule is COC(=O)c1ccc(C2=CC[C@@]3(C)C(CC[C@]4(C)C3CC[C@@H]3C5CCC[C@]5(Nc5nc(C(C)(C)C)cs5)CC[C@]34C)C2(C)C)cc1. The van der Waals surface area contributed by atoms with Crippen molar-refractivity contribution in [3.05, 3.63) is 52.5 Å². The number of methoxy groups -OCH3 is 1. The van der Waals surface area contributed by atoms with Crippen LogP contribution < -0.4 is 5.32 Å². The molecule has 4 nitrogen and oxygen atoms in total. The highest BCUT2D eigenvalue weighted by atomic mass is 32.1. The molecular weight excluding hydrogens is 585 g/mol. The van der Waals surface area contributed by atoms with Gasteiger partial charge in [-0.2, -0.15) is 0 Å². The quantitative estimate of drug-likeness (QED) is 0.337. The van der Waals surface area contributed by atoms with Crippen molar-refractivity contribution < 1.29 is 9.53 Å². The molecule has 2 aromatic rings. The maximum Gasteiger partial charge on any atom is 0.337 e. The molecule has 7 rings (SSSR count). The summed E-state index contributed by atoms with van der Waals surface area (Å²) in [5.74, 6) is 2.66. The Labute approximate surface area is 282 Å². The fraction of sp³-hybridized carbons (Fsp3) is 0.707. The summed E-state index contributed by atoms with van der Waals surface area (Å²) in [6.07, 6.45) is 15.8. The van der Waals surface area contributed by atoms with Gasteiger partial charge in [0.25, 0.3) is 0 Å². The van der Waals surface area contributed by atoms with Gasteiger partial charge in [0.2, 0.25) is 0 Å². The van der Waals surface area contributed by atoms with Gasteiger partial charge < -0.3 is 10.1 Å². The second-order valence-corrected chi connectivity index (χ2v) is 19.2. The van der Waals surface area contributed by atoms with Gasteiger partial charge in [0.05, 0.1) is 18.4 Å². The Kier molecular flexibility index (Phi) is 7.52. The van der Waals surface area contributed by atoms with E-state index >= 15 is 0 Å². The first-order valence-electron chi connectivity index (χ1n) is 18.2. The number of carbonyl (C=O) groups is 1. The molecule has 1 heterocycles. The van der Waals surface area contributed by atoms with Crippen molar-refractivity contribution in [3.8, 4) is 0 Å². The van der Waals surface area contributed by atoms with E-state index in [9.17, 15) is 4.79 Å². The van der Waals surface area contributed by atoms with Crippen LogP contribution in [0.1, 0.15) is 141 Å². The predicted molar refractivity (Wildman–Crippen MR) is 191 cm³/mol. The van der Waals surface area contributed by atoms with Crippen LogP contribution in [0.2, 0.25) is 0 Å². The summed E-state index contributed by atoms with van der Waals surface area (Å²) >= 11 is 1.82. The van der Waals surface area contributed by atoms with Gasteiger partial charge in [0, 0.05) is 16.3 Å². The van der Waals surface area contributed by atoms with Crippen LogP contribution in [0.25, 0.3) is 5.57 Å². The van der Waals surface area contributed by atoms with Gasteiger partial charge in [-0.3, -0.25) is 0 Å². The van der Waals surface area contributed by atoms with Gasteiger partial charge in [-0.1, -0.05) is 80.0 Å². The fourth-order valence-corrected chi connectivity index (χ4v) is 13.7. The van der Waals surface area contributed by atoms with E-state index in [1.165, 1.54) is 81.7 Å². The molecule has 46 heavy (non-hydrogen) atoms. The Hall–Kier alpha value is -2.14. The van der Waals surface area contributed by atoms with Crippen LogP contribution in [0.3, 0.4) is 0 Å². The first kappa shape index (κ1) is 32.4. The largest absolute Gasteiger partial charge is 0.465 e. The summed E-state index contributed by atoms with van der Waals surface area (Å²) in [4.78, 5) is 17.2. The minimum atomic E-state index is -0.266. The summed E-state index contributed by atoms with van der Waals surface area (Å²) in [6.45, 7) is 20.0. The zero-order chi connectivity index (χ0) is 32.9. The Balaban J connectivity index is 1.17. The third-order valence-corrected chi connectivity index (χ3v) is 15.9. The molecule has 1 aromatic heterocycles. The number of carbonyl (C=O) groups excluding carboxylic acids is 1. The number of nitrogens with one attached hydrogen (secondary N) is 1. The van der Waals surface area contributed by atoms with Crippen molar-refractivity contribution in [3.63, 3.8) is 0 Å². The first-order chi connectivity index (χ1) is 21.6. The Morgan fingerprint density at radius 3 is 2.30 bits per heavy atom. The van der Waals surface area contributed by atoms with Crippen LogP contribution in [0, 0.1) is 45.3 Å². The number of fused-ring (bicyclic) bond motifs is 7. The van der Waals surface area contributed by atoms with E-state index in [0.29, 0.717) is 27.7 Å². The van der Waals surface area contributed by atoms with Crippen LogP contribution >= 0.6 is 11.3 Å². The highest BCUT2D eigenvalue weighted by molar-refractivity contribution is 7.13. The van der Waals surface area contributed by atoms with Gasteiger partial charge in [-0.05, 0) is 126 Å². The molecule has 5 heteroatoms. The second kappa shape index (κ2) is 10.7. The van der Waals surface area contributed by atoms with Gasteiger partial charge in [0.1, 0.15) is 0 Å². The summed E-state index contributed by atoms with van der Waals surface area (Å²) in [5.41, 5.74) is 5.99. The molecule has 0 spiro atoms. The third kappa shape index (κ3) is 4.56. The smallest absolute Gasteiger partial charge is 0.337 e. The van der Waals surface area contributed by atoms with E-state index < -0.39 is 0 Å². The van der Waals surface area contributed by atoms with Crippen LogP contribution in [-0.2, 0) is 10.2 Å². The standard InChI is InChI=1S/C41H58N2O2S/c1-36(2,3)33-25-46-35(42-33)43-41-20-10-11-30(41)29-16-17-32-38(6)21-18-28(26-12-14-27(15-13-26)34(44)45-9)37(4,5)31(38)19-22-40(32,8)39(29,7)23-24-41/h12-15,18,25,29-32H,10-11,16-17,19-24H2,1-9H3,(H,42,43)/t29-,30?,31?,32?,38+,39-,40-,41+/m1/s1. The average molecular weight is 643 g/mol. The molecular formula is C41H58N2O2S. The molecule has 0 radical (unpaired) electrons. The lowest BCUT2D eigenvalue weighted by Gasteiger charge is -2.72. The van der Waals surface area contributed by atoms with Crippen molar-refractivity contribution in [2.24, 2.45) is 45.3 Å². The molecule has 1 N–H and O–H groups in total. The van der Waals surface area contributed by atoms with Crippen LogP contribution in [0.5, 0.6) is 0 Å². The van der Waals surface area contributed by atoms with Crippen molar-refractivity contribution in [1.29, 1.82) is 0 Å². The number of aromatic nitrogens is 1. The maximum atomic E-state index is 12.1. The van der Waals surface area contributed by atoms with Crippen LogP contribution in [0.15, 0.2) is 35.7 Å².